The second-order valence-corrected chi connectivity index (χ2v) is 15.7. The quantitative estimate of drug-likeness (QED) is 0.318. The highest BCUT2D eigenvalue weighted by Crippen LogP contribution is 2.54. The molecule has 2 aromatic carbocycles. The molecule has 9 rings (SSSR count). The number of amides is 1. The van der Waals surface area contributed by atoms with Gasteiger partial charge in [0.15, 0.2) is 6.23 Å². The smallest absolute Gasteiger partial charge is 0.249 e. The van der Waals surface area contributed by atoms with Gasteiger partial charge in [0.2, 0.25) is 23.7 Å². The zero-order valence-corrected chi connectivity index (χ0v) is 29.6. The molecule has 4 aliphatic heterocycles. The number of nitrogens with zero attached hydrogens (tertiary/aromatic N) is 2. The minimum atomic E-state index is -2.69. The van der Waals surface area contributed by atoms with Gasteiger partial charge in [-0.1, -0.05) is 60.7 Å². The Hall–Kier alpha value is -2.42. The van der Waals surface area contributed by atoms with E-state index in [0.717, 1.165) is 12.1 Å². The van der Waals surface area contributed by atoms with E-state index in [4.69, 9.17) is 9.84 Å². The number of hydrogen-bond donors (Lipinski definition) is 3. The minimum absolute atomic E-state index is 0. The Morgan fingerprint density at radius 2 is 1.35 bits per heavy atom. The summed E-state index contributed by atoms with van der Waals surface area (Å²) in [6, 6.07) is 19.1. The van der Waals surface area contributed by atoms with Gasteiger partial charge in [-0.25, -0.2) is 26.3 Å². The summed E-state index contributed by atoms with van der Waals surface area (Å²) >= 11 is 0. The number of halogens is 7. The van der Waals surface area contributed by atoms with Crippen molar-refractivity contribution >= 4 is 18.3 Å². The summed E-state index contributed by atoms with van der Waals surface area (Å²) < 4.78 is 85.3. The van der Waals surface area contributed by atoms with Crippen LogP contribution in [0.2, 0.25) is 0 Å². The van der Waals surface area contributed by atoms with Gasteiger partial charge >= 0.3 is 0 Å². The van der Waals surface area contributed by atoms with Gasteiger partial charge in [0.25, 0.3) is 0 Å². The lowest BCUT2D eigenvalue weighted by atomic mass is 9.94. The van der Waals surface area contributed by atoms with Gasteiger partial charge in [-0.15, -0.1) is 12.4 Å². The summed E-state index contributed by atoms with van der Waals surface area (Å²) in [6.07, 6.45) is -1.02. The van der Waals surface area contributed by atoms with Crippen LogP contribution in [0.3, 0.4) is 0 Å². The molecule has 0 spiro atoms. The fraction of sp³-hybridized carbons (Fsp3) is 0.658. The number of carbonyl (C=O) groups is 1. The number of carbonyl (C=O) groups excluding carboxylic acids is 1. The number of aliphatic hydroxyl groups is 2. The molecule has 3 saturated carbocycles. The molecule has 288 valence electrons. The fourth-order valence-corrected chi connectivity index (χ4v) is 10.1. The first kappa shape index (κ1) is 39.3. The molecule has 10 atom stereocenters. The van der Waals surface area contributed by atoms with E-state index in [1.807, 2.05) is 60.7 Å². The molecule has 5 unspecified atom stereocenters. The van der Waals surface area contributed by atoms with Crippen LogP contribution in [-0.4, -0.2) is 94.7 Å². The maximum absolute atomic E-state index is 13.5. The van der Waals surface area contributed by atoms with Crippen molar-refractivity contribution in [3.63, 3.8) is 0 Å². The molecule has 4 saturated heterocycles. The van der Waals surface area contributed by atoms with Crippen LogP contribution >= 0.6 is 12.4 Å². The van der Waals surface area contributed by atoms with E-state index in [-0.39, 0.29) is 118 Å². The van der Waals surface area contributed by atoms with Crippen LogP contribution < -0.4 is 5.32 Å². The SMILES string of the molecule is Cl.O=C1C2CC(F)(F)C[C@@H]2C2COC(c3ccccc3)N12.OC[C@@H]1[C@H]2CC(F)(F)CC2CN1Cc1ccccc1.OC[C@H]1NCC2CC(F)(F)C[C@@H]21. The summed E-state index contributed by atoms with van der Waals surface area (Å²) in [5.41, 5.74) is 2.09. The second-order valence-electron chi connectivity index (χ2n) is 15.7. The topological polar surface area (TPSA) is 85.3 Å². The van der Waals surface area contributed by atoms with E-state index < -0.39 is 29.9 Å². The van der Waals surface area contributed by atoms with Gasteiger partial charge < -0.3 is 25.2 Å². The van der Waals surface area contributed by atoms with E-state index in [0.29, 0.717) is 19.7 Å². The second kappa shape index (κ2) is 15.4. The van der Waals surface area contributed by atoms with Crippen LogP contribution in [-0.2, 0) is 16.1 Å². The number of rotatable bonds is 5. The number of hydrogen-bond acceptors (Lipinski definition) is 6. The average Bonchev–Trinajstić information content (AvgIpc) is 3.94. The van der Waals surface area contributed by atoms with E-state index in [1.165, 1.54) is 5.56 Å². The Labute approximate surface area is 306 Å². The largest absolute Gasteiger partial charge is 0.395 e. The highest BCUT2D eigenvalue weighted by Gasteiger charge is 2.62. The molecule has 0 aromatic heterocycles. The zero-order chi connectivity index (χ0) is 36.1. The number of fused-ring (bicyclic) bond motifs is 5. The van der Waals surface area contributed by atoms with Crippen molar-refractivity contribution in [3.8, 4) is 0 Å². The minimum Gasteiger partial charge on any atom is -0.395 e. The Balaban J connectivity index is 0.000000137. The lowest BCUT2D eigenvalue weighted by Gasteiger charge is -2.27. The van der Waals surface area contributed by atoms with Gasteiger partial charge in [0.05, 0.1) is 25.9 Å². The van der Waals surface area contributed by atoms with Crippen LogP contribution in [0.1, 0.15) is 55.9 Å². The van der Waals surface area contributed by atoms with Gasteiger partial charge in [0, 0.05) is 75.2 Å². The van der Waals surface area contributed by atoms with Crippen molar-refractivity contribution < 1.29 is 46.1 Å². The predicted octanol–water partition coefficient (Wildman–Crippen LogP) is 6.15. The first-order valence-electron chi connectivity index (χ1n) is 18.1. The molecule has 2 aromatic rings. The van der Waals surface area contributed by atoms with Crippen LogP contribution in [0.5, 0.6) is 0 Å². The molecule has 3 N–H and O–H groups in total. The number of ether oxygens (including phenoxy) is 1. The maximum Gasteiger partial charge on any atom is 0.249 e. The predicted molar refractivity (Wildman–Crippen MR) is 183 cm³/mol. The van der Waals surface area contributed by atoms with Gasteiger partial charge in [-0.2, -0.15) is 0 Å². The third-order valence-corrected chi connectivity index (χ3v) is 12.4. The molecule has 52 heavy (non-hydrogen) atoms. The Bertz CT molecular complexity index is 1510. The number of aliphatic hydroxyl groups excluding tert-OH is 2. The molecule has 7 nitrogen and oxygen atoms in total. The maximum atomic E-state index is 13.5. The number of nitrogens with one attached hydrogen (secondary N) is 1. The van der Waals surface area contributed by atoms with Crippen LogP contribution in [0.15, 0.2) is 60.7 Å². The van der Waals surface area contributed by atoms with Gasteiger partial charge in [-0.05, 0) is 41.7 Å². The molecule has 14 heteroatoms. The lowest BCUT2D eigenvalue weighted by molar-refractivity contribution is -0.139. The number of likely N-dealkylation sites (tertiary alicyclic amines) is 1. The van der Waals surface area contributed by atoms with Crippen molar-refractivity contribution in [2.24, 2.45) is 35.5 Å². The molecule has 7 aliphatic rings. The average molecular weight is 760 g/mol. The van der Waals surface area contributed by atoms with E-state index in [2.05, 4.69) is 10.2 Å². The molecule has 0 bridgehead atoms. The van der Waals surface area contributed by atoms with Crippen molar-refractivity contribution in [2.75, 3.05) is 32.9 Å². The molecular weight excluding hydrogens is 712 g/mol. The van der Waals surface area contributed by atoms with Crippen LogP contribution in [0.25, 0.3) is 0 Å². The fourth-order valence-electron chi connectivity index (χ4n) is 10.1. The molecule has 1 amide bonds. The van der Waals surface area contributed by atoms with Crippen molar-refractivity contribution in [1.82, 2.24) is 15.1 Å². The van der Waals surface area contributed by atoms with E-state index in [1.54, 1.807) is 4.90 Å². The van der Waals surface area contributed by atoms with Crippen molar-refractivity contribution in [3.05, 3.63) is 71.8 Å². The van der Waals surface area contributed by atoms with Gasteiger partial charge in [0.1, 0.15) is 0 Å². The molecule has 3 aliphatic carbocycles. The zero-order valence-electron chi connectivity index (χ0n) is 28.8. The lowest BCUT2D eigenvalue weighted by Crippen LogP contribution is -2.36. The Kier molecular flexibility index (Phi) is 11.6. The third kappa shape index (κ3) is 8.00. The first-order valence-corrected chi connectivity index (χ1v) is 18.1. The molecular formula is C38H48ClF6N3O4. The number of benzene rings is 2. The molecule has 4 heterocycles. The monoisotopic (exact) mass is 759 g/mol. The van der Waals surface area contributed by atoms with Crippen LogP contribution in [0, 0.1) is 35.5 Å². The van der Waals surface area contributed by atoms with Crippen molar-refractivity contribution in [2.45, 2.75) is 87.2 Å². The summed E-state index contributed by atoms with van der Waals surface area (Å²) in [7, 11) is 0. The number of alkyl halides is 6. The van der Waals surface area contributed by atoms with E-state index in [9.17, 15) is 36.2 Å². The first-order chi connectivity index (χ1) is 24.3. The Morgan fingerprint density at radius 1 is 0.750 bits per heavy atom. The summed E-state index contributed by atoms with van der Waals surface area (Å²) in [4.78, 5) is 16.3. The summed E-state index contributed by atoms with van der Waals surface area (Å²) in [6.45, 7) is 2.39. The Morgan fingerprint density at radius 3 is 2.00 bits per heavy atom. The van der Waals surface area contributed by atoms with Gasteiger partial charge in [-0.3, -0.25) is 9.69 Å². The standard InChI is InChI=1S/C15H15F2NO2.C15H19F2NO.C8H13F2NO.ClH/c16-15(17)6-10-11(7-15)13(19)18-12(10)8-20-14(18)9-4-2-1-3-5-9;16-15(17)6-12-9-18(14(10-19)13(12)7-15)8-11-4-2-1-3-5-11;9-8(10)1-5-3-11-7(4-12)6(5)2-8;/h1-5,10-12,14H,6-8H2;1-5,12-14,19H,6-10H2;5-7,11-12H,1-4H2;1H/t10-,11?,12?,14?;12?,13-,14+;5?,6-,7+;/m000./s1. The van der Waals surface area contributed by atoms with Crippen LogP contribution in [0.4, 0.5) is 26.3 Å². The highest BCUT2D eigenvalue weighted by atomic mass is 35.5. The highest BCUT2D eigenvalue weighted by molar-refractivity contribution is 5.85. The molecule has 0 radical (unpaired) electrons. The van der Waals surface area contributed by atoms with E-state index >= 15 is 0 Å². The summed E-state index contributed by atoms with van der Waals surface area (Å²) in [5, 5.41) is 21.5. The summed E-state index contributed by atoms with van der Waals surface area (Å²) in [5.74, 6) is -8.59. The normalized spacial score (nSPS) is 37.2. The van der Waals surface area contributed by atoms with Crippen molar-refractivity contribution in [1.29, 1.82) is 0 Å². The molecule has 7 fully saturated rings. The third-order valence-electron chi connectivity index (χ3n) is 12.4.